The summed E-state index contributed by atoms with van der Waals surface area (Å²) < 4.78 is 0. The van der Waals surface area contributed by atoms with Crippen LogP contribution in [0.25, 0.3) is 11.3 Å². The van der Waals surface area contributed by atoms with Gasteiger partial charge in [0.25, 0.3) is 5.91 Å². The molecule has 1 amide bonds. The van der Waals surface area contributed by atoms with E-state index in [-0.39, 0.29) is 5.91 Å². The monoisotopic (exact) mass is 257 g/mol. The molecule has 2 rings (SSSR count). The molecule has 0 unspecified atom stereocenters. The van der Waals surface area contributed by atoms with E-state index in [0.29, 0.717) is 18.0 Å². The predicted molar refractivity (Wildman–Crippen MR) is 75.8 cm³/mol. The molecule has 0 saturated heterocycles. The normalized spacial score (nSPS) is 10.7. The van der Waals surface area contributed by atoms with Crippen molar-refractivity contribution in [2.24, 2.45) is 5.92 Å². The van der Waals surface area contributed by atoms with Crippen molar-refractivity contribution >= 4 is 5.91 Å². The highest BCUT2D eigenvalue weighted by Gasteiger charge is 2.14. The molecule has 0 aliphatic carbocycles. The topological polar surface area (TPSA) is 57.8 Å². The fourth-order valence-corrected chi connectivity index (χ4v) is 1.85. The average Bonchev–Trinajstić information content (AvgIpc) is 2.88. The number of nitrogens with one attached hydrogen (secondary N) is 2. The van der Waals surface area contributed by atoms with Crippen LogP contribution >= 0.6 is 0 Å². The first-order valence-corrected chi connectivity index (χ1v) is 6.55. The Morgan fingerprint density at radius 2 is 2.05 bits per heavy atom. The SMILES string of the molecule is CC(C)CCNC(=O)c1cn[nH]c1-c1ccccc1. The lowest BCUT2D eigenvalue weighted by molar-refractivity contribution is 0.0952. The van der Waals surface area contributed by atoms with Gasteiger partial charge in [-0.3, -0.25) is 9.89 Å². The highest BCUT2D eigenvalue weighted by molar-refractivity contribution is 5.99. The largest absolute Gasteiger partial charge is 0.352 e. The van der Waals surface area contributed by atoms with Gasteiger partial charge in [-0.25, -0.2) is 0 Å². The van der Waals surface area contributed by atoms with Crippen LogP contribution in [0.15, 0.2) is 36.5 Å². The number of benzene rings is 1. The standard InChI is InChI=1S/C15H19N3O/c1-11(2)8-9-16-15(19)13-10-17-18-14(13)12-6-4-3-5-7-12/h3-7,10-11H,8-9H2,1-2H3,(H,16,19)(H,17,18). The van der Waals surface area contributed by atoms with Crippen molar-refractivity contribution in [2.45, 2.75) is 20.3 Å². The molecular formula is C15H19N3O. The number of carbonyl (C=O) groups is 1. The minimum Gasteiger partial charge on any atom is -0.352 e. The third kappa shape index (κ3) is 3.44. The number of H-pyrrole nitrogens is 1. The molecule has 1 aromatic carbocycles. The Kier molecular flexibility index (Phi) is 4.34. The Balaban J connectivity index is 2.09. The summed E-state index contributed by atoms with van der Waals surface area (Å²) in [7, 11) is 0. The molecule has 2 N–H and O–H groups in total. The summed E-state index contributed by atoms with van der Waals surface area (Å²) in [4.78, 5) is 12.1. The number of nitrogens with zero attached hydrogens (tertiary/aromatic N) is 1. The molecule has 0 saturated carbocycles. The second kappa shape index (κ2) is 6.18. The average molecular weight is 257 g/mol. The first-order chi connectivity index (χ1) is 9.18. The molecule has 0 atom stereocenters. The smallest absolute Gasteiger partial charge is 0.255 e. The molecule has 0 bridgehead atoms. The van der Waals surface area contributed by atoms with Gasteiger partial charge in [0.2, 0.25) is 0 Å². The molecule has 0 aliphatic rings. The number of aromatic nitrogens is 2. The fourth-order valence-electron chi connectivity index (χ4n) is 1.85. The van der Waals surface area contributed by atoms with E-state index in [4.69, 9.17) is 0 Å². The number of hydrogen-bond acceptors (Lipinski definition) is 2. The molecule has 1 aromatic heterocycles. The van der Waals surface area contributed by atoms with E-state index in [1.54, 1.807) is 6.20 Å². The van der Waals surface area contributed by atoms with E-state index in [2.05, 4.69) is 29.4 Å². The molecule has 4 nitrogen and oxygen atoms in total. The van der Waals surface area contributed by atoms with Crippen LogP contribution in [0.2, 0.25) is 0 Å². The Hall–Kier alpha value is -2.10. The van der Waals surface area contributed by atoms with Gasteiger partial charge in [-0.1, -0.05) is 44.2 Å². The molecule has 100 valence electrons. The van der Waals surface area contributed by atoms with Gasteiger partial charge < -0.3 is 5.32 Å². The van der Waals surface area contributed by atoms with Crippen LogP contribution in [0.1, 0.15) is 30.6 Å². The van der Waals surface area contributed by atoms with Gasteiger partial charge in [0, 0.05) is 12.1 Å². The molecule has 0 spiro atoms. The van der Waals surface area contributed by atoms with E-state index in [0.717, 1.165) is 17.7 Å². The predicted octanol–water partition coefficient (Wildman–Crippen LogP) is 2.85. The van der Waals surface area contributed by atoms with Crippen LogP contribution in [-0.2, 0) is 0 Å². The molecule has 0 radical (unpaired) electrons. The van der Waals surface area contributed by atoms with E-state index in [1.165, 1.54) is 0 Å². The third-order valence-electron chi connectivity index (χ3n) is 2.95. The van der Waals surface area contributed by atoms with Crippen LogP contribution < -0.4 is 5.32 Å². The fraction of sp³-hybridized carbons (Fsp3) is 0.333. The molecular weight excluding hydrogens is 238 g/mol. The van der Waals surface area contributed by atoms with Gasteiger partial charge in [0.15, 0.2) is 0 Å². The summed E-state index contributed by atoms with van der Waals surface area (Å²) in [5, 5.41) is 9.80. The lowest BCUT2D eigenvalue weighted by atomic mass is 10.1. The molecule has 0 aliphatic heterocycles. The van der Waals surface area contributed by atoms with Crippen molar-refractivity contribution in [3.05, 3.63) is 42.1 Å². The maximum Gasteiger partial charge on any atom is 0.255 e. The molecule has 0 fully saturated rings. The van der Waals surface area contributed by atoms with E-state index in [9.17, 15) is 4.79 Å². The van der Waals surface area contributed by atoms with Crippen molar-refractivity contribution < 1.29 is 4.79 Å². The highest BCUT2D eigenvalue weighted by Crippen LogP contribution is 2.20. The Morgan fingerprint density at radius 1 is 1.32 bits per heavy atom. The molecule has 19 heavy (non-hydrogen) atoms. The van der Waals surface area contributed by atoms with Crippen molar-refractivity contribution in [1.82, 2.24) is 15.5 Å². The summed E-state index contributed by atoms with van der Waals surface area (Å²) in [6.45, 7) is 4.97. The molecule has 2 aromatic rings. The van der Waals surface area contributed by atoms with Crippen molar-refractivity contribution in [2.75, 3.05) is 6.54 Å². The number of rotatable bonds is 5. The number of aromatic amines is 1. The number of hydrogen-bond donors (Lipinski definition) is 2. The van der Waals surface area contributed by atoms with Crippen molar-refractivity contribution in [1.29, 1.82) is 0 Å². The minimum atomic E-state index is -0.0757. The van der Waals surface area contributed by atoms with Crippen LogP contribution in [0.4, 0.5) is 0 Å². The van der Waals surface area contributed by atoms with Gasteiger partial charge in [-0.15, -0.1) is 0 Å². The molecule has 4 heteroatoms. The quantitative estimate of drug-likeness (QED) is 0.865. The number of amides is 1. The summed E-state index contributed by atoms with van der Waals surface area (Å²) in [5.41, 5.74) is 2.33. The third-order valence-corrected chi connectivity index (χ3v) is 2.95. The lowest BCUT2D eigenvalue weighted by Crippen LogP contribution is -2.25. The van der Waals surface area contributed by atoms with Crippen LogP contribution in [-0.4, -0.2) is 22.6 Å². The second-order valence-corrected chi connectivity index (χ2v) is 4.96. The summed E-state index contributed by atoms with van der Waals surface area (Å²) in [5.74, 6) is 0.506. The van der Waals surface area contributed by atoms with E-state index < -0.39 is 0 Å². The zero-order valence-electron chi connectivity index (χ0n) is 11.3. The molecule has 1 heterocycles. The van der Waals surface area contributed by atoms with Gasteiger partial charge in [-0.05, 0) is 12.3 Å². The van der Waals surface area contributed by atoms with Crippen LogP contribution in [0, 0.1) is 5.92 Å². The van der Waals surface area contributed by atoms with Crippen LogP contribution in [0.3, 0.4) is 0 Å². The van der Waals surface area contributed by atoms with Crippen molar-refractivity contribution in [3.8, 4) is 11.3 Å². The van der Waals surface area contributed by atoms with Gasteiger partial charge in [0.05, 0.1) is 17.5 Å². The Labute approximate surface area is 113 Å². The second-order valence-electron chi connectivity index (χ2n) is 4.96. The number of carbonyl (C=O) groups excluding carboxylic acids is 1. The summed E-state index contributed by atoms with van der Waals surface area (Å²) in [6, 6.07) is 9.74. The zero-order valence-corrected chi connectivity index (χ0v) is 11.3. The first-order valence-electron chi connectivity index (χ1n) is 6.55. The van der Waals surface area contributed by atoms with Crippen molar-refractivity contribution in [3.63, 3.8) is 0 Å². The Bertz CT molecular complexity index is 531. The van der Waals surface area contributed by atoms with Gasteiger partial charge in [-0.2, -0.15) is 5.10 Å². The Morgan fingerprint density at radius 3 is 2.74 bits per heavy atom. The maximum atomic E-state index is 12.1. The first kappa shape index (κ1) is 13.3. The minimum absolute atomic E-state index is 0.0757. The highest BCUT2D eigenvalue weighted by atomic mass is 16.1. The van der Waals surface area contributed by atoms with E-state index >= 15 is 0 Å². The maximum absolute atomic E-state index is 12.1. The summed E-state index contributed by atoms with van der Waals surface area (Å²) >= 11 is 0. The van der Waals surface area contributed by atoms with Gasteiger partial charge >= 0.3 is 0 Å². The lowest BCUT2D eigenvalue weighted by Gasteiger charge is -2.07. The summed E-state index contributed by atoms with van der Waals surface area (Å²) in [6.07, 6.45) is 2.55. The van der Waals surface area contributed by atoms with E-state index in [1.807, 2.05) is 30.3 Å². The van der Waals surface area contributed by atoms with Crippen LogP contribution in [0.5, 0.6) is 0 Å². The zero-order chi connectivity index (χ0) is 13.7. The van der Waals surface area contributed by atoms with Gasteiger partial charge in [0.1, 0.15) is 0 Å².